The monoisotopic (exact) mass is 591 g/mol. The summed E-state index contributed by atoms with van der Waals surface area (Å²) in [7, 11) is -2.95. The fourth-order valence-electron chi connectivity index (χ4n) is 5.01. The van der Waals surface area contributed by atoms with E-state index < -0.39 is 36.6 Å². The number of alkyl halides is 3. The number of nitrogens with one attached hydrogen (secondary N) is 1. The molecule has 220 valence electrons. The molecule has 0 spiro atoms. The SMILES string of the molecule is C[C@H]1Nc2nc(nc3cnc(P4(=O)CCN(C(=O)OC(C)(C)C)CC4)cc23)CCCOc2c1cccc2C(F)(F)F. The number of carbonyl (C=O) groups is 1. The van der Waals surface area contributed by atoms with Crippen LogP contribution in [0.15, 0.2) is 30.5 Å². The molecule has 2 aromatic heterocycles. The molecule has 2 bridgehead atoms. The zero-order chi connectivity index (χ0) is 29.6. The minimum Gasteiger partial charge on any atom is -0.493 e. The lowest BCUT2D eigenvalue weighted by atomic mass is 10.0. The largest absolute Gasteiger partial charge is 0.493 e. The van der Waals surface area contributed by atoms with Crippen LogP contribution in [-0.4, -0.2) is 63.6 Å². The Morgan fingerprint density at radius 1 is 1.17 bits per heavy atom. The van der Waals surface area contributed by atoms with Gasteiger partial charge in [0.05, 0.1) is 29.9 Å². The Morgan fingerprint density at radius 3 is 2.59 bits per heavy atom. The molecule has 1 N–H and O–H groups in total. The Balaban J connectivity index is 1.47. The van der Waals surface area contributed by atoms with E-state index in [1.807, 2.05) is 0 Å². The molecule has 1 saturated heterocycles. The molecule has 1 fully saturated rings. The molecule has 0 saturated carbocycles. The van der Waals surface area contributed by atoms with Crippen LogP contribution in [0.5, 0.6) is 5.75 Å². The quantitative estimate of drug-likeness (QED) is 0.355. The number of para-hydroxylation sites is 1. The van der Waals surface area contributed by atoms with E-state index in [0.717, 1.165) is 6.07 Å². The van der Waals surface area contributed by atoms with Crippen molar-refractivity contribution in [1.29, 1.82) is 0 Å². The zero-order valence-corrected chi connectivity index (χ0v) is 24.3. The number of carbonyl (C=O) groups excluding carboxylic acids is 1. The van der Waals surface area contributed by atoms with Crippen LogP contribution in [0.3, 0.4) is 0 Å². The first-order valence-electron chi connectivity index (χ1n) is 13.6. The van der Waals surface area contributed by atoms with Crippen molar-refractivity contribution in [1.82, 2.24) is 19.9 Å². The Labute approximate surface area is 236 Å². The van der Waals surface area contributed by atoms with Gasteiger partial charge in [-0.25, -0.2) is 14.8 Å². The average molecular weight is 592 g/mol. The van der Waals surface area contributed by atoms with E-state index >= 15 is 0 Å². The van der Waals surface area contributed by atoms with Crippen molar-refractivity contribution in [3.8, 4) is 5.75 Å². The number of amides is 1. The molecule has 2 aliphatic rings. The molecule has 1 aromatic carbocycles. The third kappa shape index (κ3) is 6.27. The molecular weight excluding hydrogens is 558 g/mol. The molecule has 13 heteroatoms. The highest BCUT2D eigenvalue weighted by Crippen LogP contribution is 2.46. The topological polar surface area (TPSA) is 107 Å². The highest BCUT2D eigenvalue weighted by Gasteiger charge is 2.37. The number of fused-ring (bicyclic) bond motifs is 5. The number of hydrogen-bond acceptors (Lipinski definition) is 8. The minimum atomic E-state index is -4.57. The van der Waals surface area contributed by atoms with Gasteiger partial charge in [-0.2, -0.15) is 13.2 Å². The van der Waals surface area contributed by atoms with E-state index in [4.69, 9.17) is 9.47 Å². The fraction of sp³-hybridized carbons (Fsp3) is 0.500. The van der Waals surface area contributed by atoms with E-state index in [1.54, 1.807) is 50.9 Å². The van der Waals surface area contributed by atoms with Crippen molar-refractivity contribution in [2.24, 2.45) is 0 Å². The van der Waals surface area contributed by atoms with E-state index in [1.165, 1.54) is 6.07 Å². The lowest BCUT2D eigenvalue weighted by Gasteiger charge is -2.33. The Morgan fingerprint density at radius 2 is 1.90 bits per heavy atom. The van der Waals surface area contributed by atoms with Crippen LogP contribution in [-0.2, 0) is 21.9 Å². The van der Waals surface area contributed by atoms with Gasteiger partial charge in [-0.1, -0.05) is 12.1 Å². The van der Waals surface area contributed by atoms with Gasteiger partial charge >= 0.3 is 12.3 Å². The summed E-state index contributed by atoms with van der Waals surface area (Å²) in [6.45, 7) is 7.76. The lowest BCUT2D eigenvalue weighted by Crippen LogP contribution is -2.43. The van der Waals surface area contributed by atoms with Gasteiger partial charge in [0.25, 0.3) is 0 Å². The van der Waals surface area contributed by atoms with Crippen molar-refractivity contribution in [2.75, 3.05) is 37.3 Å². The summed E-state index contributed by atoms with van der Waals surface area (Å²) in [6, 6.07) is 5.10. The van der Waals surface area contributed by atoms with Gasteiger partial charge in [0.2, 0.25) is 0 Å². The van der Waals surface area contributed by atoms with Gasteiger partial charge in [0.15, 0.2) is 0 Å². The van der Waals surface area contributed by atoms with Crippen LogP contribution in [0.2, 0.25) is 0 Å². The van der Waals surface area contributed by atoms with Crippen LogP contribution >= 0.6 is 7.14 Å². The number of rotatable bonds is 1. The highest BCUT2D eigenvalue weighted by molar-refractivity contribution is 7.71. The normalized spacial score (nSPS) is 19.4. The molecule has 0 radical (unpaired) electrons. The number of hydrogen-bond donors (Lipinski definition) is 1. The maximum absolute atomic E-state index is 14.0. The number of benzene rings is 1. The van der Waals surface area contributed by atoms with Gasteiger partial charge in [-0.15, -0.1) is 0 Å². The second-order valence-electron chi connectivity index (χ2n) is 11.4. The first-order chi connectivity index (χ1) is 19.2. The van der Waals surface area contributed by atoms with Gasteiger partial charge in [-0.05, 0) is 46.2 Å². The van der Waals surface area contributed by atoms with Gasteiger partial charge in [0, 0.05) is 42.8 Å². The van der Waals surface area contributed by atoms with Crippen LogP contribution in [0.25, 0.3) is 10.9 Å². The third-order valence-corrected chi connectivity index (χ3v) is 10.0. The molecule has 1 amide bonds. The van der Waals surface area contributed by atoms with Gasteiger partial charge < -0.3 is 24.3 Å². The molecular formula is C28H33F3N5O4P. The standard InChI is InChI=1S/C28H33F3N5O4P/c1-17-18-7-5-8-20(28(29,30)31)24(18)39-12-6-9-22-34-21-16-32-23(15-19(21)25(33-17)35-22)41(38)13-10-36(11-14-41)26(37)40-27(2,3)4/h5,7-8,15-17H,6,9-14H2,1-4H3,(H,33,34,35)/t17-/m1/s1. The average Bonchev–Trinajstić information content (AvgIpc) is 2.91. The molecule has 3 aromatic rings. The number of aryl methyl sites for hydroxylation is 1. The fourth-order valence-corrected chi connectivity index (χ4v) is 7.45. The maximum atomic E-state index is 14.0. The molecule has 2 aliphatic heterocycles. The summed E-state index contributed by atoms with van der Waals surface area (Å²) in [4.78, 5) is 27.9. The van der Waals surface area contributed by atoms with Crippen molar-refractivity contribution in [3.05, 3.63) is 47.4 Å². The Hall–Kier alpha value is -3.40. The van der Waals surface area contributed by atoms with E-state index in [0.29, 0.717) is 46.4 Å². The second kappa shape index (κ2) is 10.8. The molecule has 9 nitrogen and oxygen atoms in total. The predicted octanol–water partition coefficient (Wildman–Crippen LogP) is 5.78. The summed E-state index contributed by atoms with van der Waals surface area (Å²) in [5.41, 5.74) is -0.150. The predicted molar refractivity (Wildman–Crippen MR) is 149 cm³/mol. The number of nitrogens with zero attached hydrogens (tertiary/aromatic N) is 4. The molecule has 1 atom stereocenters. The molecule has 41 heavy (non-hydrogen) atoms. The zero-order valence-electron chi connectivity index (χ0n) is 23.4. The van der Waals surface area contributed by atoms with E-state index in [2.05, 4.69) is 20.3 Å². The minimum absolute atomic E-state index is 0.0736. The number of ether oxygens (including phenoxy) is 2. The maximum Gasteiger partial charge on any atom is 0.419 e. The number of halogens is 3. The van der Waals surface area contributed by atoms with Crippen LogP contribution < -0.4 is 15.5 Å². The number of anilines is 1. The van der Waals surface area contributed by atoms with Crippen molar-refractivity contribution >= 4 is 35.4 Å². The molecule has 0 unspecified atom stereocenters. The summed E-state index contributed by atoms with van der Waals surface area (Å²) < 4.78 is 66.6. The molecule has 0 aliphatic carbocycles. The van der Waals surface area contributed by atoms with Gasteiger partial charge in [-0.3, -0.25) is 4.98 Å². The van der Waals surface area contributed by atoms with Crippen LogP contribution in [0, 0.1) is 0 Å². The number of aromatic nitrogens is 3. The molecule has 4 heterocycles. The van der Waals surface area contributed by atoms with E-state index in [9.17, 15) is 22.5 Å². The third-order valence-electron chi connectivity index (χ3n) is 7.11. The number of pyridine rings is 1. The van der Waals surface area contributed by atoms with E-state index in [-0.39, 0.29) is 37.8 Å². The Kier molecular flexibility index (Phi) is 7.65. The second-order valence-corrected chi connectivity index (χ2v) is 14.5. The highest BCUT2D eigenvalue weighted by atomic mass is 31.2. The first-order valence-corrected chi connectivity index (χ1v) is 15.6. The smallest absolute Gasteiger partial charge is 0.419 e. The molecule has 5 rings (SSSR count). The van der Waals surface area contributed by atoms with Gasteiger partial charge in [0.1, 0.15) is 35.6 Å². The summed E-state index contributed by atoms with van der Waals surface area (Å²) in [6.07, 6.45) is -2.12. The summed E-state index contributed by atoms with van der Waals surface area (Å²) in [5.74, 6) is 0.728. The first kappa shape index (κ1) is 29.1. The van der Waals surface area contributed by atoms with Crippen LogP contribution in [0.1, 0.15) is 57.1 Å². The summed E-state index contributed by atoms with van der Waals surface area (Å²) >= 11 is 0. The van der Waals surface area contributed by atoms with Crippen molar-refractivity contribution in [3.63, 3.8) is 0 Å². The van der Waals surface area contributed by atoms with Crippen LogP contribution in [0.4, 0.5) is 23.8 Å². The van der Waals surface area contributed by atoms with Crippen molar-refractivity contribution in [2.45, 2.75) is 58.4 Å². The Bertz CT molecular complexity index is 1510. The summed E-state index contributed by atoms with van der Waals surface area (Å²) in [5, 5.41) is 3.83. The van der Waals surface area contributed by atoms with Crippen molar-refractivity contribution < 1.29 is 32.0 Å². The lowest BCUT2D eigenvalue weighted by molar-refractivity contribution is -0.139.